The van der Waals surface area contributed by atoms with Crippen molar-refractivity contribution < 1.29 is 47.0 Å². The molecular formula is C27H54O3Y. The van der Waals surface area contributed by atoms with Crippen LogP contribution in [-0.2, 0) is 42.2 Å². The van der Waals surface area contributed by atoms with Gasteiger partial charge < -0.3 is 9.47 Å². The number of carbonyl (C=O) groups excluding carboxylic acids is 1. The molecule has 3 nitrogen and oxygen atoms in total. The van der Waals surface area contributed by atoms with Crippen LogP contribution >= 0.6 is 0 Å². The Morgan fingerprint density at radius 1 is 0.484 bits per heavy atom. The fourth-order valence-electron chi connectivity index (χ4n) is 3.64. The summed E-state index contributed by atoms with van der Waals surface area (Å²) in [4.78, 5) is 11.6. The summed E-state index contributed by atoms with van der Waals surface area (Å²) >= 11 is 0. The summed E-state index contributed by atoms with van der Waals surface area (Å²) in [5, 5.41) is 0. The molecular weight excluding hydrogens is 461 g/mol. The zero-order valence-electron chi connectivity index (χ0n) is 22.0. The van der Waals surface area contributed by atoms with Crippen LogP contribution in [0.25, 0.3) is 0 Å². The molecule has 31 heavy (non-hydrogen) atoms. The topological polar surface area (TPSA) is 35.5 Å². The molecule has 0 unspecified atom stereocenters. The van der Waals surface area contributed by atoms with Gasteiger partial charge in [-0.25, -0.2) is 4.79 Å². The van der Waals surface area contributed by atoms with Crippen LogP contribution in [-0.4, -0.2) is 19.4 Å². The third kappa shape index (κ3) is 30.4. The van der Waals surface area contributed by atoms with Crippen LogP contribution in [0, 0.1) is 10.8 Å². The average molecular weight is 516 g/mol. The van der Waals surface area contributed by atoms with Gasteiger partial charge in [-0.3, -0.25) is 0 Å². The molecule has 0 aromatic rings. The van der Waals surface area contributed by atoms with E-state index in [1.54, 1.807) is 0 Å². The third-order valence-electron chi connectivity index (χ3n) is 5.58. The molecule has 0 fully saturated rings. The van der Waals surface area contributed by atoms with Gasteiger partial charge in [0, 0.05) is 32.7 Å². The number of hydrogen-bond donors (Lipinski definition) is 0. The molecule has 0 heterocycles. The van der Waals surface area contributed by atoms with Crippen LogP contribution in [0.5, 0.6) is 0 Å². The van der Waals surface area contributed by atoms with Crippen LogP contribution in [0.1, 0.15) is 144 Å². The first kappa shape index (κ1) is 33.5. The molecule has 0 N–H and O–H groups in total. The van der Waals surface area contributed by atoms with E-state index < -0.39 is 6.16 Å². The summed E-state index contributed by atoms with van der Waals surface area (Å²) in [5.41, 5.74) is 0.940. The molecule has 0 aromatic carbocycles. The summed E-state index contributed by atoms with van der Waals surface area (Å²) in [7, 11) is 0. The molecule has 0 saturated carbocycles. The van der Waals surface area contributed by atoms with Crippen molar-refractivity contribution in [2.45, 2.75) is 144 Å². The van der Waals surface area contributed by atoms with Crippen LogP contribution < -0.4 is 0 Å². The van der Waals surface area contributed by atoms with Gasteiger partial charge in [0.25, 0.3) is 0 Å². The second-order valence-corrected chi connectivity index (χ2v) is 11.5. The minimum absolute atomic E-state index is 0. The summed E-state index contributed by atoms with van der Waals surface area (Å²) in [6.07, 6.45) is 19.4. The standard InChI is InChI=1S/C27H54O3.Y/c1-26(2,3)21-17-13-9-7-11-15-19-23-29-25(28)30-24-20-16-12-8-10-14-18-22-27(4,5)6;/h7-24H2,1-6H3;. The van der Waals surface area contributed by atoms with Gasteiger partial charge in [-0.05, 0) is 36.5 Å². The Labute approximate surface area is 220 Å². The van der Waals surface area contributed by atoms with Crippen LogP contribution in [0.15, 0.2) is 0 Å². The van der Waals surface area contributed by atoms with E-state index in [0.717, 1.165) is 25.7 Å². The molecule has 0 amide bonds. The predicted molar refractivity (Wildman–Crippen MR) is 130 cm³/mol. The first-order valence-corrected chi connectivity index (χ1v) is 12.9. The van der Waals surface area contributed by atoms with E-state index in [1.165, 1.54) is 77.0 Å². The fourth-order valence-corrected chi connectivity index (χ4v) is 3.64. The van der Waals surface area contributed by atoms with Crippen LogP contribution in [0.4, 0.5) is 4.79 Å². The van der Waals surface area contributed by atoms with E-state index in [4.69, 9.17) is 9.47 Å². The van der Waals surface area contributed by atoms with Crippen molar-refractivity contribution in [3.8, 4) is 0 Å². The van der Waals surface area contributed by atoms with E-state index in [0.29, 0.717) is 24.0 Å². The van der Waals surface area contributed by atoms with Gasteiger partial charge in [-0.2, -0.15) is 0 Å². The third-order valence-corrected chi connectivity index (χ3v) is 5.58. The molecule has 0 aliphatic rings. The predicted octanol–water partition coefficient (Wildman–Crippen LogP) is 9.47. The van der Waals surface area contributed by atoms with E-state index in [2.05, 4.69) is 41.5 Å². The van der Waals surface area contributed by atoms with Gasteiger partial charge >= 0.3 is 6.16 Å². The van der Waals surface area contributed by atoms with E-state index in [1.807, 2.05) is 0 Å². The van der Waals surface area contributed by atoms with Crippen molar-refractivity contribution in [1.29, 1.82) is 0 Å². The minimum atomic E-state index is -0.487. The second kappa shape index (κ2) is 20.9. The smallest absolute Gasteiger partial charge is 0.434 e. The van der Waals surface area contributed by atoms with Crippen molar-refractivity contribution in [3.05, 3.63) is 0 Å². The summed E-state index contributed by atoms with van der Waals surface area (Å²) in [6.45, 7) is 14.9. The Kier molecular flexibility index (Phi) is 22.7. The monoisotopic (exact) mass is 515 g/mol. The normalized spacial score (nSPS) is 11.8. The van der Waals surface area contributed by atoms with Gasteiger partial charge in [0.2, 0.25) is 0 Å². The molecule has 0 atom stereocenters. The maximum Gasteiger partial charge on any atom is 0.508 e. The second-order valence-electron chi connectivity index (χ2n) is 11.5. The maximum absolute atomic E-state index is 11.6. The molecule has 0 saturated heterocycles. The van der Waals surface area contributed by atoms with E-state index >= 15 is 0 Å². The Morgan fingerprint density at radius 3 is 1.03 bits per heavy atom. The Balaban J connectivity index is 0. The molecule has 0 aliphatic heterocycles. The molecule has 0 spiro atoms. The molecule has 1 radical (unpaired) electrons. The van der Waals surface area contributed by atoms with E-state index in [9.17, 15) is 4.79 Å². The molecule has 0 rings (SSSR count). The Morgan fingerprint density at radius 2 is 0.742 bits per heavy atom. The minimum Gasteiger partial charge on any atom is -0.434 e. The van der Waals surface area contributed by atoms with Crippen molar-refractivity contribution in [3.63, 3.8) is 0 Å². The van der Waals surface area contributed by atoms with Crippen molar-refractivity contribution >= 4 is 6.16 Å². The largest absolute Gasteiger partial charge is 0.508 e. The Hall–Kier alpha value is 0.374. The van der Waals surface area contributed by atoms with Gasteiger partial charge in [-0.15, -0.1) is 0 Å². The van der Waals surface area contributed by atoms with E-state index in [-0.39, 0.29) is 32.7 Å². The van der Waals surface area contributed by atoms with Crippen molar-refractivity contribution in [2.24, 2.45) is 10.8 Å². The molecule has 183 valence electrons. The zero-order valence-corrected chi connectivity index (χ0v) is 24.9. The quantitative estimate of drug-likeness (QED) is 0.135. The summed E-state index contributed by atoms with van der Waals surface area (Å²) in [5.74, 6) is 0. The first-order valence-electron chi connectivity index (χ1n) is 12.9. The summed E-state index contributed by atoms with van der Waals surface area (Å²) < 4.78 is 10.3. The zero-order chi connectivity index (χ0) is 22.7. The number of hydrogen-bond acceptors (Lipinski definition) is 3. The molecule has 4 heteroatoms. The van der Waals surface area contributed by atoms with Gasteiger partial charge in [0.05, 0.1) is 13.2 Å². The molecule has 0 bridgehead atoms. The number of ether oxygens (including phenoxy) is 2. The van der Waals surface area contributed by atoms with Crippen LogP contribution in [0.2, 0.25) is 0 Å². The average Bonchev–Trinajstić information content (AvgIpc) is 2.63. The fraction of sp³-hybridized carbons (Fsp3) is 0.963. The maximum atomic E-state index is 11.6. The molecule has 0 aliphatic carbocycles. The number of unbranched alkanes of at least 4 members (excludes halogenated alkanes) is 12. The van der Waals surface area contributed by atoms with Gasteiger partial charge in [0.15, 0.2) is 0 Å². The summed E-state index contributed by atoms with van der Waals surface area (Å²) in [6, 6.07) is 0. The van der Waals surface area contributed by atoms with Crippen molar-refractivity contribution in [2.75, 3.05) is 13.2 Å². The number of carbonyl (C=O) groups is 1. The Bertz CT molecular complexity index is 360. The first-order chi connectivity index (χ1) is 14.1. The van der Waals surface area contributed by atoms with Crippen LogP contribution in [0.3, 0.4) is 0 Å². The SMILES string of the molecule is CC(C)(C)CCCCCCCCCOC(=O)OCCCCCCCCCC(C)(C)C.[Y]. The van der Waals surface area contributed by atoms with Gasteiger partial charge in [0.1, 0.15) is 0 Å². The van der Waals surface area contributed by atoms with Crippen molar-refractivity contribution in [1.82, 2.24) is 0 Å². The van der Waals surface area contributed by atoms with Gasteiger partial charge in [-0.1, -0.05) is 119 Å². The molecule has 0 aromatic heterocycles. The number of rotatable bonds is 18.